The first-order valence-electron chi connectivity index (χ1n) is 29.9. The first-order chi connectivity index (χ1) is 34.5. The van der Waals surface area contributed by atoms with Gasteiger partial charge in [0.05, 0.1) is 0 Å². The van der Waals surface area contributed by atoms with Gasteiger partial charge in [-0.15, -0.1) is 0 Å². The Morgan fingerprint density at radius 2 is 0.586 bits per heavy atom. The molecule has 70 heavy (non-hydrogen) atoms. The summed E-state index contributed by atoms with van der Waals surface area (Å²) in [6, 6.07) is 0. The van der Waals surface area contributed by atoms with Crippen LogP contribution in [0.4, 0.5) is 0 Å². The highest BCUT2D eigenvalue weighted by Crippen LogP contribution is 2.17. The van der Waals surface area contributed by atoms with Crippen LogP contribution in [-0.4, -0.2) is 37.2 Å². The molecule has 0 aliphatic carbocycles. The maximum Gasteiger partial charge on any atom is 0.306 e. The quantitative estimate of drug-likeness (QED) is 0.0261. The average Bonchev–Trinajstić information content (AvgIpc) is 3.36. The van der Waals surface area contributed by atoms with Crippen molar-refractivity contribution in [3.8, 4) is 0 Å². The number of carbonyl (C=O) groups excluding carboxylic acids is 3. The molecule has 0 saturated carbocycles. The maximum atomic E-state index is 12.9. The second-order valence-electron chi connectivity index (χ2n) is 19.9. The van der Waals surface area contributed by atoms with Crippen molar-refractivity contribution in [2.75, 3.05) is 13.2 Å². The Morgan fingerprint density at radius 3 is 0.929 bits per heavy atom. The van der Waals surface area contributed by atoms with Crippen LogP contribution >= 0.6 is 0 Å². The zero-order chi connectivity index (χ0) is 50.7. The Morgan fingerprint density at radius 1 is 0.300 bits per heavy atom. The van der Waals surface area contributed by atoms with Crippen molar-refractivity contribution in [2.24, 2.45) is 0 Å². The minimum absolute atomic E-state index is 0.0878. The summed E-state index contributed by atoms with van der Waals surface area (Å²) >= 11 is 0. The van der Waals surface area contributed by atoms with Crippen LogP contribution in [0.3, 0.4) is 0 Å². The fourth-order valence-electron chi connectivity index (χ4n) is 8.47. The Balaban J connectivity index is 4.34. The normalized spacial score (nSPS) is 12.6. The largest absolute Gasteiger partial charge is 0.462 e. The molecule has 0 fully saturated rings. The van der Waals surface area contributed by atoms with Crippen LogP contribution < -0.4 is 0 Å². The van der Waals surface area contributed by atoms with Crippen molar-refractivity contribution < 1.29 is 28.6 Å². The first kappa shape index (κ1) is 66.9. The van der Waals surface area contributed by atoms with Crippen molar-refractivity contribution >= 4 is 17.9 Å². The molecule has 0 rings (SSSR count). The predicted molar refractivity (Wildman–Crippen MR) is 302 cm³/mol. The van der Waals surface area contributed by atoms with E-state index in [4.69, 9.17) is 14.2 Å². The molecule has 0 radical (unpaired) electrons. The van der Waals surface area contributed by atoms with Crippen molar-refractivity contribution in [2.45, 2.75) is 303 Å². The SMILES string of the molecule is CC/C=C\C/C=C\C/C=C\C/C=C\CCCCCCC(=O)OC(COC(=O)CCCCCCC/C=C\C/C=C\CCC)COC(=O)CCCCCCCCCCCCCCCCCCCCCCCC. The monoisotopic (exact) mass is 977 g/mol. The van der Waals surface area contributed by atoms with Gasteiger partial charge >= 0.3 is 17.9 Å². The van der Waals surface area contributed by atoms with Crippen LogP contribution in [-0.2, 0) is 28.6 Å². The van der Waals surface area contributed by atoms with Crippen molar-refractivity contribution in [1.82, 2.24) is 0 Å². The fraction of sp³-hybridized carbons (Fsp3) is 0.766. The molecule has 404 valence electrons. The van der Waals surface area contributed by atoms with E-state index in [1.807, 2.05) is 0 Å². The van der Waals surface area contributed by atoms with Gasteiger partial charge in [0, 0.05) is 19.3 Å². The van der Waals surface area contributed by atoms with Crippen molar-refractivity contribution in [3.63, 3.8) is 0 Å². The fourth-order valence-corrected chi connectivity index (χ4v) is 8.47. The molecule has 1 atom stereocenters. The first-order valence-corrected chi connectivity index (χ1v) is 29.9. The molecule has 0 aliphatic rings. The van der Waals surface area contributed by atoms with Gasteiger partial charge in [0.25, 0.3) is 0 Å². The minimum atomic E-state index is -0.793. The Kier molecular flexibility index (Phi) is 55.8. The van der Waals surface area contributed by atoms with E-state index < -0.39 is 6.10 Å². The molecular weight excluding hydrogens is 865 g/mol. The number of carbonyl (C=O) groups is 3. The van der Waals surface area contributed by atoms with E-state index in [9.17, 15) is 14.4 Å². The summed E-state index contributed by atoms with van der Waals surface area (Å²) in [6.07, 6.45) is 74.8. The Hall–Kier alpha value is -3.15. The molecule has 0 spiro atoms. The molecule has 0 saturated heterocycles. The average molecular weight is 978 g/mol. The summed E-state index contributed by atoms with van der Waals surface area (Å²) in [5, 5.41) is 0. The van der Waals surface area contributed by atoms with Crippen LogP contribution in [0.25, 0.3) is 0 Å². The van der Waals surface area contributed by atoms with E-state index >= 15 is 0 Å². The zero-order valence-electron chi connectivity index (χ0n) is 46.3. The van der Waals surface area contributed by atoms with Crippen molar-refractivity contribution in [1.29, 1.82) is 0 Å². The third-order valence-corrected chi connectivity index (χ3v) is 12.9. The number of allylic oxidation sites excluding steroid dienone is 12. The second-order valence-corrected chi connectivity index (χ2v) is 19.9. The van der Waals surface area contributed by atoms with Gasteiger partial charge in [-0.1, -0.05) is 267 Å². The summed E-state index contributed by atoms with van der Waals surface area (Å²) in [5.41, 5.74) is 0. The van der Waals surface area contributed by atoms with Gasteiger partial charge in [-0.05, 0) is 83.5 Å². The van der Waals surface area contributed by atoms with Crippen LogP contribution in [0.2, 0.25) is 0 Å². The third-order valence-electron chi connectivity index (χ3n) is 12.9. The number of ether oxygens (including phenoxy) is 3. The van der Waals surface area contributed by atoms with Gasteiger partial charge in [0.2, 0.25) is 0 Å². The topological polar surface area (TPSA) is 78.9 Å². The number of unbranched alkanes of at least 4 members (excludes halogenated alkanes) is 31. The molecule has 0 bridgehead atoms. The van der Waals surface area contributed by atoms with Gasteiger partial charge in [-0.2, -0.15) is 0 Å². The van der Waals surface area contributed by atoms with Crippen LogP contribution in [0.1, 0.15) is 297 Å². The summed E-state index contributed by atoms with van der Waals surface area (Å²) in [5.74, 6) is -0.916. The molecule has 0 amide bonds. The highest BCUT2D eigenvalue weighted by molar-refractivity contribution is 5.71. The van der Waals surface area contributed by atoms with Crippen molar-refractivity contribution in [3.05, 3.63) is 72.9 Å². The molecule has 0 aromatic heterocycles. The highest BCUT2D eigenvalue weighted by atomic mass is 16.6. The standard InChI is InChI=1S/C64H112O6/c1-4-7-10-13-16-19-22-25-27-29-30-31-32-33-35-36-39-42-45-48-51-54-57-63(66)69-60-61(59-68-62(65)56-53-50-47-44-41-38-24-21-18-15-12-9-6-3)70-64(67)58-55-52-49-46-43-40-37-34-28-26-23-20-17-14-11-8-5-2/h8,11-12,15,17,20-21,24,26,28,37,40,61H,4-7,9-10,13-14,16,18-19,22-23,25,27,29-36,38-39,41-60H2,1-3H3/b11-8-,15-12-,20-17-,24-21-,28-26-,40-37-. The second kappa shape index (κ2) is 58.4. The molecule has 0 aromatic rings. The molecule has 6 heteroatoms. The lowest BCUT2D eigenvalue weighted by Crippen LogP contribution is -2.30. The highest BCUT2D eigenvalue weighted by Gasteiger charge is 2.19. The van der Waals surface area contributed by atoms with Gasteiger partial charge in [0.1, 0.15) is 13.2 Å². The smallest absolute Gasteiger partial charge is 0.306 e. The predicted octanol–water partition coefficient (Wildman–Crippen LogP) is 20.2. The number of esters is 3. The molecule has 1 unspecified atom stereocenters. The van der Waals surface area contributed by atoms with Crippen LogP contribution in [0.15, 0.2) is 72.9 Å². The van der Waals surface area contributed by atoms with E-state index in [-0.39, 0.29) is 31.1 Å². The Labute approximate surface area is 433 Å². The molecule has 0 heterocycles. The van der Waals surface area contributed by atoms with E-state index in [1.165, 1.54) is 128 Å². The summed E-state index contributed by atoms with van der Waals surface area (Å²) < 4.78 is 16.9. The van der Waals surface area contributed by atoms with Crippen LogP contribution in [0, 0.1) is 0 Å². The van der Waals surface area contributed by atoms with E-state index in [2.05, 4.69) is 93.7 Å². The van der Waals surface area contributed by atoms with E-state index in [1.54, 1.807) is 0 Å². The number of hydrogen-bond acceptors (Lipinski definition) is 6. The third kappa shape index (κ3) is 55.8. The number of rotatable bonds is 54. The molecule has 0 aliphatic heterocycles. The van der Waals surface area contributed by atoms with E-state index in [0.717, 1.165) is 128 Å². The molecule has 0 aromatic carbocycles. The van der Waals surface area contributed by atoms with Gasteiger partial charge in [-0.3, -0.25) is 14.4 Å². The van der Waals surface area contributed by atoms with E-state index in [0.29, 0.717) is 19.3 Å². The van der Waals surface area contributed by atoms with Gasteiger partial charge in [0.15, 0.2) is 6.10 Å². The summed E-state index contributed by atoms with van der Waals surface area (Å²) in [7, 11) is 0. The Bertz CT molecular complexity index is 1310. The van der Waals surface area contributed by atoms with Gasteiger partial charge < -0.3 is 14.2 Å². The maximum absolute atomic E-state index is 12.9. The molecular formula is C64H112O6. The zero-order valence-corrected chi connectivity index (χ0v) is 46.3. The molecule has 6 nitrogen and oxygen atoms in total. The summed E-state index contributed by atoms with van der Waals surface area (Å²) in [4.78, 5) is 38.2. The van der Waals surface area contributed by atoms with Crippen LogP contribution in [0.5, 0.6) is 0 Å². The van der Waals surface area contributed by atoms with Gasteiger partial charge in [-0.25, -0.2) is 0 Å². The lowest BCUT2D eigenvalue weighted by Gasteiger charge is -2.18. The number of hydrogen-bond donors (Lipinski definition) is 0. The lowest BCUT2D eigenvalue weighted by atomic mass is 10.0. The summed E-state index contributed by atoms with van der Waals surface area (Å²) in [6.45, 7) is 6.46. The minimum Gasteiger partial charge on any atom is -0.462 e. The lowest BCUT2D eigenvalue weighted by molar-refractivity contribution is -0.167. The molecule has 0 N–H and O–H groups in total.